The SMILES string of the molecule is Cc1cc(C)n(CCCNC(=O)c2ccc(C(=O)NCCCn3nc(C)cc3C)s2)n1. The van der Waals surface area contributed by atoms with Crippen LogP contribution >= 0.6 is 11.3 Å². The predicted molar refractivity (Wildman–Crippen MR) is 122 cm³/mol. The molecule has 8 nitrogen and oxygen atoms in total. The summed E-state index contributed by atoms with van der Waals surface area (Å²) in [6.45, 7) is 10.6. The van der Waals surface area contributed by atoms with Gasteiger partial charge in [0.15, 0.2) is 0 Å². The van der Waals surface area contributed by atoms with Crippen molar-refractivity contribution in [2.75, 3.05) is 13.1 Å². The van der Waals surface area contributed by atoms with Gasteiger partial charge in [0.2, 0.25) is 0 Å². The second kappa shape index (κ2) is 10.4. The first-order chi connectivity index (χ1) is 14.8. The van der Waals surface area contributed by atoms with Crippen LogP contribution in [0.2, 0.25) is 0 Å². The second-order valence-corrected chi connectivity index (χ2v) is 8.77. The molecule has 9 heteroatoms. The Hall–Kier alpha value is -2.94. The zero-order chi connectivity index (χ0) is 22.4. The Morgan fingerprint density at radius 2 is 1.23 bits per heavy atom. The van der Waals surface area contributed by atoms with Gasteiger partial charge in [0.05, 0.1) is 21.1 Å². The van der Waals surface area contributed by atoms with Gasteiger partial charge in [-0.2, -0.15) is 10.2 Å². The van der Waals surface area contributed by atoms with Crippen molar-refractivity contribution in [3.8, 4) is 0 Å². The molecule has 0 saturated carbocycles. The average Bonchev–Trinajstić information content (AvgIpc) is 3.41. The molecule has 3 aromatic rings. The highest BCUT2D eigenvalue weighted by molar-refractivity contribution is 7.15. The van der Waals surface area contributed by atoms with Gasteiger partial charge in [-0.25, -0.2) is 0 Å². The summed E-state index contributed by atoms with van der Waals surface area (Å²) in [6, 6.07) is 7.48. The lowest BCUT2D eigenvalue weighted by Crippen LogP contribution is -2.25. The Morgan fingerprint density at radius 3 is 1.58 bits per heavy atom. The molecule has 3 aromatic heterocycles. The van der Waals surface area contributed by atoms with Gasteiger partial charge in [0.1, 0.15) is 0 Å². The summed E-state index contributed by atoms with van der Waals surface area (Å²) in [6.07, 6.45) is 1.59. The number of thiophene rings is 1. The zero-order valence-electron chi connectivity index (χ0n) is 18.6. The summed E-state index contributed by atoms with van der Waals surface area (Å²) in [5, 5.41) is 14.7. The zero-order valence-corrected chi connectivity index (χ0v) is 19.4. The first kappa shape index (κ1) is 22.7. The smallest absolute Gasteiger partial charge is 0.261 e. The normalized spacial score (nSPS) is 11.0. The Labute approximate surface area is 186 Å². The number of carbonyl (C=O) groups is 2. The molecule has 3 rings (SSSR count). The van der Waals surface area contributed by atoms with Crippen molar-refractivity contribution < 1.29 is 9.59 Å². The van der Waals surface area contributed by atoms with Crippen molar-refractivity contribution in [2.45, 2.75) is 53.6 Å². The summed E-state index contributed by atoms with van der Waals surface area (Å²) < 4.78 is 3.90. The number of carbonyl (C=O) groups excluding carboxylic acids is 2. The minimum atomic E-state index is -0.151. The quantitative estimate of drug-likeness (QED) is 0.472. The van der Waals surface area contributed by atoms with Crippen molar-refractivity contribution in [1.29, 1.82) is 0 Å². The molecule has 31 heavy (non-hydrogen) atoms. The van der Waals surface area contributed by atoms with Gasteiger partial charge < -0.3 is 10.6 Å². The van der Waals surface area contributed by atoms with Gasteiger partial charge in [0.25, 0.3) is 11.8 Å². The fourth-order valence-electron chi connectivity index (χ4n) is 3.42. The molecule has 0 fully saturated rings. The number of nitrogens with one attached hydrogen (secondary N) is 2. The summed E-state index contributed by atoms with van der Waals surface area (Å²) in [5.74, 6) is -0.302. The highest BCUT2D eigenvalue weighted by atomic mass is 32.1. The lowest BCUT2D eigenvalue weighted by molar-refractivity contribution is 0.0950. The van der Waals surface area contributed by atoms with Crippen LogP contribution in [0.4, 0.5) is 0 Å². The third-order valence-corrected chi connectivity index (χ3v) is 6.01. The molecule has 0 aliphatic heterocycles. The van der Waals surface area contributed by atoms with Crippen LogP contribution in [-0.4, -0.2) is 44.5 Å². The highest BCUT2D eigenvalue weighted by Crippen LogP contribution is 2.16. The van der Waals surface area contributed by atoms with E-state index >= 15 is 0 Å². The van der Waals surface area contributed by atoms with Crippen LogP contribution in [0.3, 0.4) is 0 Å². The summed E-state index contributed by atoms with van der Waals surface area (Å²) in [7, 11) is 0. The minimum absolute atomic E-state index is 0.151. The molecule has 0 radical (unpaired) electrons. The molecule has 0 atom stereocenters. The second-order valence-electron chi connectivity index (χ2n) is 7.68. The molecule has 0 aliphatic carbocycles. The van der Waals surface area contributed by atoms with Crippen LogP contribution in [-0.2, 0) is 13.1 Å². The summed E-state index contributed by atoms with van der Waals surface area (Å²) in [5.41, 5.74) is 4.23. The van der Waals surface area contributed by atoms with Crippen molar-refractivity contribution in [3.63, 3.8) is 0 Å². The van der Waals surface area contributed by atoms with Gasteiger partial charge in [-0.3, -0.25) is 19.0 Å². The maximum atomic E-state index is 12.3. The monoisotopic (exact) mass is 442 g/mol. The molecule has 0 aromatic carbocycles. The van der Waals surface area contributed by atoms with E-state index < -0.39 is 0 Å². The van der Waals surface area contributed by atoms with Gasteiger partial charge in [-0.1, -0.05) is 0 Å². The van der Waals surface area contributed by atoms with E-state index in [0.717, 1.165) is 48.7 Å². The average molecular weight is 443 g/mol. The minimum Gasteiger partial charge on any atom is -0.351 e. The van der Waals surface area contributed by atoms with Crippen molar-refractivity contribution in [1.82, 2.24) is 30.2 Å². The number of rotatable bonds is 10. The summed E-state index contributed by atoms with van der Waals surface area (Å²) >= 11 is 1.21. The summed E-state index contributed by atoms with van der Waals surface area (Å²) in [4.78, 5) is 25.8. The standard InChI is InChI=1S/C22H30N6O2S/c1-15-13-17(3)27(25-15)11-5-9-23-21(29)19-7-8-20(31-19)22(30)24-10-6-12-28-18(4)14-16(2)26-28/h7-8,13-14H,5-6,9-12H2,1-4H3,(H,23,29)(H,24,30). The Kier molecular flexibility index (Phi) is 7.62. The molecule has 0 spiro atoms. The van der Waals surface area contributed by atoms with E-state index in [9.17, 15) is 9.59 Å². The van der Waals surface area contributed by atoms with Crippen LogP contribution in [0.25, 0.3) is 0 Å². The number of hydrogen-bond acceptors (Lipinski definition) is 5. The molecule has 0 saturated heterocycles. The number of aryl methyl sites for hydroxylation is 6. The third-order valence-electron chi connectivity index (χ3n) is 4.92. The fourth-order valence-corrected chi connectivity index (χ4v) is 4.26. The topological polar surface area (TPSA) is 93.8 Å². The molecule has 2 amide bonds. The van der Waals surface area contributed by atoms with E-state index in [-0.39, 0.29) is 11.8 Å². The van der Waals surface area contributed by atoms with E-state index in [1.165, 1.54) is 11.3 Å². The molecular formula is C22H30N6O2S. The molecule has 0 aliphatic rings. The Morgan fingerprint density at radius 1 is 0.806 bits per heavy atom. The molecule has 0 unspecified atom stereocenters. The maximum Gasteiger partial charge on any atom is 0.261 e. The Bertz CT molecular complexity index is 968. The highest BCUT2D eigenvalue weighted by Gasteiger charge is 2.13. The number of hydrogen-bond donors (Lipinski definition) is 2. The van der Waals surface area contributed by atoms with Crippen molar-refractivity contribution in [2.24, 2.45) is 0 Å². The number of amides is 2. The van der Waals surface area contributed by atoms with Gasteiger partial charge in [-0.15, -0.1) is 11.3 Å². The van der Waals surface area contributed by atoms with Crippen molar-refractivity contribution >= 4 is 23.2 Å². The first-order valence-corrected chi connectivity index (χ1v) is 11.3. The lowest BCUT2D eigenvalue weighted by Gasteiger charge is -2.06. The third kappa shape index (κ3) is 6.27. The van der Waals surface area contributed by atoms with E-state index in [0.29, 0.717) is 22.8 Å². The molecular weight excluding hydrogens is 412 g/mol. The van der Waals surface area contributed by atoms with E-state index in [1.807, 2.05) is 49.2 Å². The maximum absolute atomic E-state index is 12.3. The largest absolute Gasteiger partial charge is 0.351 e. The molecule has 0 bridgehead atoms. The van der Waals surface area contributed by atoms with Crippen LogP contribution in [0, 0.1) is 27.7 Å². The molecule has 3 heterocycles. The molecule has 166 valence electrons. The van der Waals surface area contributed by atoms with Gasteiger partial charge >= 0.3 is 0 Å². The number of aromatic nitrogens is 4. The first-order valence-electron chi connectivity index (χ1n) is 10.5. The molecule has 2 N–H and O–H groups in total. The van der Waals surface area contributed by atoms with E-state index in [4.69, 9.17) is 0 Å². The lowest BCUT2D eigenvalue weighted by atomic mass is 10.3. The van der Waals surface area contributed by atoms with Crippen LogP contribution < -0.4 is 10.6 Å². The van der Waals surface area contributed by atoms with Crippen LogP contribution in [0.5, 0.6) is 0 Å². The Balaban J connectivity index is 1.38. The van der Waals surface area contributed by atoms with Crippen LogP contribution in [0.15, 0.2) is 24.3 Å². The van der Waals surface area contributed by atoms with Crippen molar-refractivity contribution in [3.05, 3.63) is 56.8 Å². The van der Waals surface area contributed by atoms with E-state index in [1.54, 1.807) is 12.1 Å². The number of nitrogens with zero attached hydrogens (tertiary/aromatic N) is 4. The van der Waals surface area contributed by atoms with E-state index in [2.05, 4.69) is 20.8 Å². The van der Waals surface area contributed by atoms with Gasteiger partial charge in [0, 0.05) is 37.6 Å². The fraction of sp³-hybridized carbons (Fsp3) is 0.455. The predicted octanol–water partition coefficient (Wildman–Crippen LogP) is 3.01. The van der Waals surface area contributed by atoms with Crippen LogP contribution in [0.1, 0.15) is 55.0 Å². The van der Waals surface area contributed by atoms with Gasteiger partial charge in [-0.05, 0) is 64.8 Å².